The maximum absolute atomic E-state index is 11.7. The highest BCUT2D eigenvalue weighted by molar-refractivity contribution is 5.85. The number of ether oxygens (including phenoxy) is 1. The van der Waals surface area contributed by atoms with Crippen molar-refractivity contribution in [1.82, 2.24) is 15.5 Å². The minimum atomic E-state index is -0.116. The van der Waals surface area contributed by atoms with Gasteiger partial charge in [-0.15, -0.1) is 0 Å². The Morgan fingerprint density at radius 3 is 2.36 bits per heavy atom. The van der Waals surface area contributed by atoms with E-state index in [1.165, 1.54) is 12.8 Å². The SMILES string of the molecule is COC1(C)CC(NC(=NCC(=O)N(C)C)NC2CC2)C1(C)C. The van der Waals surface area contributed by atoms with Gasteiger partial charge in [0.1, 0.15) is 6.54 Å². The zero-order valence-electron chi connectivity index (χ0n) is 14.7. The summed E-state index contributed by atoms with van der Waals surface area (Å²) in [6.07, 6.45) is 3.28. The summed E-state index contributed by atoms with van der Waals surface area (Å²) in [5.41, 5.74) is -0.103. The quantitative estimate of drug-likeness (QED) is 0.587. The first-order valence-electron chi connectivity index (χ1n) is 8.02. The minimum absolute atomic E-state index is 0.00602. The van der Waals surface area contributed by atoms with Gasteiger partial charge in [-0.1, -0.05) is 13.8 Å². The molecule has 0 aromatic carbocycles. The third-order valence-corrected chi connectivity index (χ3v) is 5.38. The Labute approximate surface area is 133 Å². The summed E-state index contributed by atoms with van der Waals surface area (Å²) in [5.74, 6) is 0.750. The molecule has 1 amide bonds. The lowest BCUT2D eigenvalue weighted by Crippen LogP contribution is -2.69. The number of hydrogen-bond donors (Lipinski definition) is 2. The highest BCUT2D eigenvalue weighted by atomic mass is 16.5. The summed E-state index contributed by atoms with van der Waals surface area (Å²) in [6.45, 7) is 6.73. The maximum atomic E-state index is 11.7. The predicted molar refractivity (Wildman–Crippen MR) is 87.9 cm³/mol. The molecule has 0 spiro atoms. The van der Waals surface area contributed by atoms with E-state index in [0.29, 0.717) is 6.04 Å². The molecule has 0 aromatic heterocycles. The molecule has 0 radical (unpaired) electrons. The van der Waals surface area contributed by atoms with E-state index in [2.05, 4.69) is 36.4 Å². The third kappa shape index (κ3) is 3.37. The normalized spacial score (nSPS) is 30.5. The van der Waals surface area contributed by atoms with Gasteiger partial charge in [-0.2, -0.15) is 0 Å². The second-order valence-electron chi connectivity index (χ2n) is 7.43. The third-order valence-electron chi connectivity index (χ3n) is 5.38. The molecule has 6 nitrogen and oxygen atoms in total. The lowest BCUT2D eigenvalue weighted by molar-refractivity contribution is -0.176. The molecule has 6 heteroatoms. The van der Waals surface area contributed by atoms with Crippen LogP contribution in [0.2, 0.25) is 0 Å². The van der Waals surface area contributed by atoms with E-state index >= 15 is 0 Å². The summed E-state index contributed by atoms with van der Waals surface area (Å²) in [4.78, 5) is 17.7. The summed E-state index contributed by atoms with van der Waals surface area (Å²) in [6, 6.07) is 0.787. The molecule has 22 heavy (non-hydrogen) atoms. The average Bonchev–Trinajstić information content (AvgIpc) is 3.27. The molecule has 0 bridgehead atoms. The van der Waals surface area contributed by atoms with Gasteiger partial charge >= 0.3 is 0 Å². The second kappa shape index (κ2) is 6.07. The number of carbonyl (C=O) groups excluding carboxylic acids is 1. The molecule has 126 valence electrons. The van der Waals surface area contributed by atoms with Crippen molar-refractivity contribution in [2.75, 3.05) is 27.7 Å². The smallest absolute Gasteiger partial charge is 0.243 e. The van der Waals surface area contributed by atoms with Gasteiger partial charge in [0.2, 0.25) is 5.91 Å². The van der Waals surface area contributed by atoms with Crippen LogP contribution in [0.3, 0.4) is 0 Å². The van der Waals surface area contributed by atoms with Crippen molar-refractivity contribution in [3.8, 4) is 0 Å². The predicted octanol–water partition coefficient (Wildman–Crippen LogP) is 0.976. The molecule has 0 aliphatic heterocycles. The summed E-state index contributed by atoms with van der Waals surface area (Å²) < 4.78 is 5.66. The number of nitrogens with zero attached hydrogens (tertiary/aromatic N) is 2. The topological polar surface area (TPSA) is 66.0 Å². The van der Waals surface area contributed by atoms with Gasteiger partial charge in [0.15, 0.2) is 5.96 Å². The molecule has 2 saturated carbocycles. The largest absolute Gasteiger partial charge is 0.378 e. The molecule has 2 fully saturated rings. The van der Waals surface area contributed by atoms with Gasteiger partial charge in [-0.25, -0.2) is 4.99 Å². The van der Waals surface area contributed by atoms with Crippen LogP contribution in [-0.2, 0) is 9.53 Å². The van der Waals surface area contributed by atoms with Crippen molar-refractivity contribution < 1.29 is 9.53 Å². The van der Waals surface area contributed by atoms with Gasteiger partial charge in [0.25, 0.3) is 0 Å². The van der Waals surface area contributed by atoms with Crippen molar-refractivity contribution in [1.29, 1.82) is 0 Å². The lowest BCUT2D eigenvalue weighted by Gasteiger charge is -2.59. The Hall–Kier alpha value is -1.30. The van der Waals surface area contributed by atoms with Gasteiger partial charge < -0.3 is 20.3 Å². The van der Waals surface area contributed by atoms with Gasteiger partial charge in [-0.3, -0.25) is 4.79 Å². The summed E-state index contributed by atoms with van der Waals surface area (Å²) in [7, 11) is 5.27. The first-order chi connectivity index (χ1) is 10.2. The Morgan fingerprint density at radius 1 is 1.27 bits per heavy atom. The van der Waals surface area contributed by atoms with Crippen molar-refractivity contribution in [2.45, 2.75) is 57.7 Å². The molecule has 2 atom stereocenters. The van der Waals surface area contributed by atoms with E-state index in [1.807, 2.05) is 0 Å². The molecular weight excluding hydrogens is 280 g/mol. The summed E-state index contributed by atoms with van der Waals surface area (Å²) >= 11 is 0. The van der Waals surface area contributed by atoms with Crippen LogP contribution in [0.25, 0.3) is 0 Å². The Bertz CT molecular complexity index is 457. The Kier molecular flexibility index (Phi) is 4.70. The number of aliphatic imine (C=N–C) groups is 1. The first kappa shape index (κ1) is 17.1. The monoisotopic (exact) mass is 310 g/mol. The highest BCUT2D eigenvalue weighted by Crippen LogP contribution is 2.51. The lowest BCUT2D eigenvalue weighted by atomic mass is 9.56. The standard InChI is InChI=1S/C16H30N4O2/c1-15(2)12(9-16(15,3)22-6)19-14(18-11-7-8-11)17-10-13(21)20(4)5/h11-12H,7-10H2,1-6H3,(H2,17,18,19). The van der Waals surface area contributed by atoms with Crippen LogP contribution in [0, 0.1) is 5.41 Å². The molecule has 2 unspecified atom stereocenters. The maximum Gasteiger partial charge on any atom is 0.243 e. The fourth-order valence-corrected chi connectivity index (χ4v) is 2.73. The van der Waals surface area contributed by atoms with Crippen LogP contribution in [0.5, 0.6) is 0 Å². The van der Waals surface area contributed by atoms with Crippen LogP contribution in [0.4, 0.5) is 0 Å². The Morgan fingerprint density at radius 2 is 1.91 bits per heavy atom. The van der Waals surface area contributed by atoms with Crippen molar-refractivity contribution in [2.24, 2.45) is 10.4 Å². The fraction of sp³-hybridized carbons (Fsp3) is 0.875. The fourth-order valence-electron chi connectivity index (χ4n) is 2.73. The van der Waals surface area contributed by atoms with Crippen LogP contribution >= 0.6 is 0 Å². The van der Waals surface area contributed by atoms with Gasteiger partial charge in [0, 0.05) is 38.7 Å². The average molecular weight is 310 g/mol. The number of nitrogens with one attached hydrogen (secondary N) is 2. The second-order valence-corrected chi connectivity index (χ2v) is 7.43. The number of methoxy groups -OCH3 is 1. The molecular formula is C16H30N4O2. The van der Waals surface area contributed by atoms with E-state index < -0.39 is 0 Å². The van der Waals surface area contributed by atoms with Crippen LogP contribution in [-0.4, -0.2) is 62.2 Å². The van der Waals surface area contributed by atoms with E-state index in [-0.39, 0.29) is 29.5 Å². The van der Waals surface area contributed by atoms with Gasteiger partial charge in [-0.05, 0) is 26.2 Å². The number of guanidine groups is 1. The molecule has 2 rings (SSSR count). The van der Waals surface area contributed by atoms with Crippen LogP contribution in [0.15, 0.2) is 4.99 Å². The van der Waals surface area contributed by atoms with E-state index in [1.54, 1.807) is 26.1 Å². The molecule has 2 aliphatic rings. The molecule has 2 aliphatic carbocycles. The molecule has 0 aromatic rings. The zero-order chi connectivity index (χ0) is 16.5. The number of carbonyl (C=O) groups is 1. The first-order valence-corrected chi connectivity index (χ1v) is 8.02. The number of likely N-dealkylation sites (N-methyl/N-ethyl adjacent to an activating group) is 1. The van der Waals surface area contributed by atoms with Crippen molar-refractivity contribution in [3.05, 3.63) is 0 Å². The van der Waals surface area contributed by atoms with Gasteiger partial charge in [0.05, 0.1) is 5.60 Å². The van der Waals surface area contributed by atoms with Crippen molar-refractivity contribution >= 4 is 11.9 Å². The van der Waals surface area contributed by atoms with E-state index in [0.717, 1.165) is 12.4 Å². The molecule has 2 N–H and O–H groups in total. The Balaban J connectivity index is 1.98. The minimum Gasteiger partial charge on any atom is -0.378 e. The molecule has 0 saturated heterocycles. The number of rotatable bonds is 5. The van der Waals surface area contributed by atoms with E-state index in [4.69, 9.17) is 4.74 Å². The number of amides is 1. The van der Waals surface area contributed by atoms with Crippen LogP contribution < -0.4 is 10.6 Å². The van der Waals surface area contributed by atoms with Crippen molar-refractivity contribution in [3.63, 3.8) is 0 Å². The van der Waals surface area contributed by atoms with E-state index in [9.17, 15) is 4.79 Å². The summed E-state index contributed by atoms with van der Waals surface area (Å²) in [5, 5.41) is 6.88. The van der Waals surface area contributed by atoms with Crippen LogP contribution in [0.1, 0.15) is 40.0 Å². The zero-order valence-corrected chi connectivity index (χ0v) is 14.7. The highest BCUT2D eigenvalue weighted by Gasteiger charge is 2.58. The number of hydrogen-bond acceptors (Lipinski definition) is 3. The molecule has 0 heterocycles.